The lowest BCUT2D eigenvalue weighted by molar-refractivity contribution is 0.102. The summed E-state index contributed by atoms with van der Waals surface area (Å²) in [5.41, 5.74) is 1.63. The molecule has 0 aromatic heterocycles. The molecule has 2 rings (SSSR count). The van der Waals surface area contributed by atoms with Crippen molar-refractivity contribution in [2.75, 3.05) is 5.32 Å². The van der Waals surface area contributed by atoms with E-state index < -0.39 is 0 Å². The van der Waals surface area contributed by atoms with Crippen LogP contribution >= 0.6 is 15.9 Å². The van der Waals surface area contributed by atoms with Gasteiger partial charge in [-0.05, 0) is 36.8 Å². The van der Waals surface area contributed by atoms with Crippen LogP contribution in [0.25, 0.3) is 0 Å². The summed E-state index contributed by atoms with van der Waals surface area (Å²) in [6.07, 6.45) is 0. The summed E-state index contributed by atoms with van der Waals surface area (Å²) in [6.45, 7) is 1.76. The van der Waals surface area contributed by atoms with E-state index in [-0.39, 0.29) is 17.2 Å². The number of para-hydroxylation sites is 1. The minimum absolute atomic E-state index is 0.0185. The zero-order valence-electron chi connectivity index (χ0n) is 9.77. The van der Waals surface area contributed by atoms with Gasteiger partial charge in [0.25, 0.3) is 5.91 Å². The summed E-state index contributed by atoms with van der Waals surface area (Å²) < 4.78 is 0.883. The van der Waals surface area contributed by atoms with E-state index in [9.17, 15) is 9.90 Å². The molecule has 2 aromatic carbocycles. The molecule has 4 heteroatoms. The number of halogens is 1. The first-order chi connectivity index (χ1) is 8.58. The highest BCUT2D eigenvalue weighted by molar-refractivity contribution is 9.10. The summed E-state index contributed by atoms with van der Waals surface area (Å²) >= 11 is 3.33. The highest BCUT2D eigenvalue weighted by atomic mass is 79.9. The quantitative estimate of drug-likeness (QED) is 0.888. The zero-order chi connectivity index (χ0) is 13.1. The average Bonchev–Trinajstić information content (AvgIpc) is 2.32. The molecule has 0 fully saturated rings. The number of hydrogen-bond acceptors (Lipinski definition) is 2. The summed E-state index contributed by atoms with van der Waals surface area (Å²) in [7, 11) is 0. The molecule has 2 aromatic rings. The number of benzene rings is 2. The van der Waals surface area contributed by atoms with Crippen LogP contribution in [0.15, 0.2) is 46.9 Å². The van der Waals surface area contributed by atoms with Crippen molar-refractivity contribution >= 4 is 27.5 Å². The molecule has 0 atom stereocenters. The third kappa shape index (κ3) is 2.71. The molecule has 92 valence electrons. The van der Waals surface area contributed by atoms with Crippen LogP contribution in [0.2, 0.25) is 0 Å². The molecule has 0 saturated carbocycles. The van der Waals surface area contributed by atoms with E-state index in [1.54, 1.807) is 37.3 Å². The van der Waals surface area contributed by atoms with E-state index in [0.29, 0.717) is 11.3 Å². The smallest absolute Gasteiger partial charge is 0.259 e. The van der Waals surface area contributed by atoms with Crippen molar-refractivity contribution in [3.05, 3.63) is 58.1 Å². The topological polar surface area (TPSA) is 49.3 Å². The summed E-state index contributed by atoms with van der Waals surface area (Å²) in [5.74, 6) is -0.306. The standard InChI is InChI=1S/C14H12BrNO2/c1-9-4-2-7-12(13(9)17)14(18)16-11-6-3-5-10(15)8-11/h2-8,17H,1H3,(H,16,18). The van der Waals surface area contributed by atoms with Gasteiger partial charge in [0.2, 0.25) is 0 Å². The Morgan fingerprint density at radius 2 is 1.94 bits per heavy atom. The number of phenols is 1. The molecule has 2 N–H and O–H groups in total. The molecule has 18 heavy (non-hydrogen) atoms. The maximum atomic E-state index is 12.0. The van der Waals surface area contributed by atoms with Crippen LogP contribution in [0.4, 0.5) is 5.69 Å². The first-order valence-corrected chi connectivity index (χ1v) is 6.23. The monoisotopic (exact) mass is 305 g/mol. The molecule has 0 aliphatic heterocycles. The van der Waals surface area contributed by atoms with Crippen LogP contribution < -0.4 is 5.32 Å². The number of aryl methyl sites for hydroxylation is 1. The third-order valence-electron chi connectivity index (χ3n) is 2.56. The number of phenolic OH excluding ortho intramolecular Hbond substituents is 1. The lowest BCUT2D eigenvalue weighted by atomic mass is 10.1. The molecule has 0 unspecified atom stereocenters. The second-order valence-corrected chi connectivity index (χ2v) is 4.85. The number of nitrogens with one attached hydrogen (secondary N) is 1. The van der Waals surface area contributed by atoms with Crippen molar-refractivity contribution < 1.29 is 9.90 Å². The lowest BCUT2D eigenvalue weighted by Crippen LogP contribution is -2.12. The summed E-state index contributed by atoms with van der Waals surface area (Å²) in [5, 5.41) is 12.6. The number of amides is 1. The van der Waals surface area contributed by atoms with Gasteiger partial charge in [-0.25, -0.2) is 0 Å². The van der Waals surface area contributed by atoms with Crippen molar-refractivity contribution in [3.63, 3.8) is 0 Å². The van der Waals surface area contributed by atoms with Crippen molar-refractivity contribution in [1.29, 1.82) is 0 Å². The Hall–Kier alpha value is -1.81. The highest BCUT2D eigenvalue weighted by Crippen LogP contribution is 2.23. The molecule has 0 aliphatic rings. The molecular formula is C14H12BrNO2. The van der Waals surface area contributed by atoms with Crippen LogP contribution in [0.5, 0.6) is 5.75 Å². The van der Waals surface area contributed by atoms with Gasteiger partial charge in [-0.3, -0.25) is 4.79 Å². The van der Waals surface area contributed by atoms with Gasteiger partial charge in [-0.2, -0.15) is 0 Å². The van der Waals surface area contributed by atoms with Gasteiger partial charge in [0.05, 0.1) is 5.56 Å². The Kier molecular flexibility index (Phi) is 3.67. The van der Waals surface area contributed by atoms with E-state index >= 15 is 0 Å². The van der Waals surface area contributed by atoms with Crippen LogP contribution in [0, 0.1) is 6.92 Å². The van der Waals surface area contributed by atoms with Gasteiger partial charge in [-0.15, -0.1) is 0 Å². The first-order valence-electron chi connectivity index (χ1n) is 5.43. The fourth-order valence-corrected chi connectivity index (χ4v) is 2.01. The first kappa shape index (κ1) is 12.6. The van der Waals surface area contributed by atoms with Crippen molar-refractivity contribution in [1.82, 2.24) is 0 Å². The maximum absolute atomic E-state index is 12.0. The van der Waals surface area contributed by atoms with Gasteiger partial charge in [0, 0.05) is 10.2 Å². The van der Waals surface area contributed by atoms with Gasteiger partial charge in [0.1, 0.15) is 5.75 Å². The van der Waals surface area contributed by atoms with Crippen molar-refractivity contribution in [2.45, 2.75) is 6.92 Å². The van der Waals surface area contributed by atoms with Gasteiger partial charge >= 0.3 is 0 Å². The van der Waals surface area contributed by atoms with Crippen LogP contribution in [0.1, 0.15) is 15.9 Å². The molecule has 0 radical (unpaired) electrons. The molecule has 3 nitrogen and oxygen atoms in total. The molecule has 1 amide bonds. The predicted octanol–water partition coefficient (Wildman–Crippen LogP) is 3.72. The summed E-state index contributed by atoms with van der Waals surface area (Å²) in [4.78, 5) is 12.0. The van der Waals surface area contributed by atoms with E-state index in [4.69, 9.17) is 0 Å². The van der Waals surface area contributed by atoms with E-state index in [2.05, 4.69) is 21.2 Å². The van der Waals surface area contributed by atoms with Crippen molar-refractivity contribution in [3.8, 4) is 5.75 Å². The van der Waals surface area contributed by atoms with Gasteiger partial charge in [-0.1, -0.05) is 34.1 Å². The maximum Gasteiger partial charge on any atom is 0.259 e. The second-order valence-electron chi connectivity index (χ2n) is 3.94. The Bertz CT molecular complexity index is 596. The number of rotatable bonds is 2. The zero-order valence-corrected chi connectivity index (χ0v) is 11.4. The number of hydrogen-bond donors (Lipinski definition) is 2. The molecule has 0 aliphatic carbocycles. The molecule has 0 bridgehead atoms. The van der Waals surface area contributed by atoms with Gasteiger partial charge < -0.3 is 10.4 Å². The van der Waals surface area contributed by atoms with Crippen molar-refractivity contribution in [2.24, 2.45) is 0 Å². The van der Waals surface area contributed by atoms with Crippen LogP contribution in [-0.2, 0) is 0 Å². The average molecular weight is 306 g/mol. The highest BCUT2D eigenvalue weighted by Gasteiger charge is 2.12. The molecule has 0 heterocycles. The summed E-state index contributed by atoms with van der Waals surface area (Å²) in [6, 6.07) is 12.4. The fourth-order valence-electron chi connectivity index (χ4n) is 1.61. The molecule has 0 spiro atoms. The Morgan fingerprint density at radius 3 is 2.67 bits per heavy atom. The Labute approximate surface area is 114 Å². The van der Waals surface area contributed by atoms with Crippen LogP contribution in [-0.4, -0.2) is 11.0 Å². The predicted molar refractivity (Wildman–Crippen MR) is 74.9 cm³/mol. The largest absolute Gasteiger partial charge is 0.507 e. The Balaban J connectivity index is 2.25. The van der Waals surface area contributed by atoms with Gasteiger partial charge in [0.15, 0.2) is 0 Å². The number of carbonyl (C=O) groups is 1. The van der Waals surface area contributed by atoms with E-state index in [0.717, 1.165) is 4.47 Å². The molecular weight excluding hydrogens is 294 g/mol. The molecule has 0 saturated heterocycles. The lowest BCUT2D eigenvalue weighted by Gasteiger charge is -2.08. The van der Waals surface area contributed by atoms with E-state index in [1.165, 1.54) is 0 Å². The SMILES string of the molecule is Cc1cccc(C(=O)Nc2cccc(Br)c2)c1O. The van der Waals surface area contributed by atoms with E-state index in [1.807, 2.05) is 12.1 Å². The third-order valence-corrected chi connectivity index (χ3v) is 3.06. The Morgan fingerprint density at radius 1 is 1.22 bits per heavy atom. The minimum Gasteiger partial charge on any atom is -0.507 e. The normalized spacial score (nSPS) is 10.1. The number of carbonyl (C=O) groups excluding carboxylic acids is 1. The van der Waals surface area contributed by atoms with Crippen LogP contribution in [0.3, 0.4) is 0 Å². The number of aromatic hydroxyl groups is 1. The minimum atomic E-state index is -0.325. The number of anilines is 1. The second kappa shape index (κ2) is 5.23. The fraction of sp³-hybridized carbons (Fsp3) is 0.0714.